The van der Waals surface area contributed by atoms with Gasteiger partial charge in [0.25, 0.3) is 0 Å². The molecule has 1 saturated heterocycles. The topological polar surface area (TPSA) is 96.6 Å². The van der Waals surface area contributed by atoms with E-state index >= 15 is 0 Å². The average Bonchev–Trinajstić information content (AvgIpc) is 3.20. The minimum absolute atomic E-state index is 0.107. The van der Waals surface area contributed by atoms with Gasteiger partial charge < -0.3 is 20.7 Å². The Hall–Kier alpha value is -2.58. The lowest BCUT2D eigenvalue weighted by atomic mass is 10.1. The van der Waals surface area contributed by atoms with Gasteiger partial charge in [0.15, 0.2) is 11.6 Å². The third kappa shape index (κ3) is 5.61. The third-order valence-electron chi connectivity index (χ3n) is 5.79. The first kappa shape index (κ1) is 22.6. The summed E-state index contributed by atoms with van der Waals surface area (Å²) in [5.74, 6) is 0.683. The van der Waals surface area contributed by atoms with E-state index in [1.54, 1.807) is 0 Å². The Balaban J connectivity index is 1.59. The van der Waals surface area contributed by atoms with Crippen LogP contribution in [0.25, 0.3) is 0 Å². The number of amides is 1. The van der Waals surface area contributed by atoms with E-state index in [1.165, 1.54) is 18.4 Å². The van der Waals surface area contributed by atoms with Gasteiger partial charge in [-0.1, -0.05) is 31.0 Å². The van der Waals surface area contributed by atoms with Crippen molar-refractivity contribution in [1.82, 2.24) is 14.9 Å². The molecule has 2 aliphatic heterocycles. The molecule has 0 spiro atoms. The van der Waals surface area contributed by atoms with E-state index in [1.807, 2.05) is 17.0 Å². The maximum Gasteiger partial charge on any atom is 0.320 e. The average molecular weight is 459 g/mol. The highest BCUT2D eigenvalue weighted by Crippen LogP contribution is 2.34. The van der Waals surface area contributed by atoms with Gasteiger partial charge in [-0.25, -0.2) is 0 Å². The molecule has 172 valence electrons. The van der Waals surface area contributed by atoms with Crippen LogP contribution in [0.4, 0.5) is 17.3 Å². The Morgan fingerprint density at radius 1 is 1.12 bits per heavy atom. The number of ether oxygens (including phenoxy) is 1. The quantitative estimate of drug-likeness (QED) is 0.580. The monoisotopic (exact) mass is 458 g/mol. The van der Waals surface area contributed by atoms with E-state index in [2.05, 4.69) is 33.2 Å². The number of aromatic nitrogens is 2. The van der Waals surface area contributed by atoms with Crippen LogP contribution >= 0.6 is 11.6 Å². The summed E-state index contributed by atoms with van der Waals surface area (Å²) in [5.41, 5.74) is 8.88. The number of hydrogen-bond acceptors (Lipinski definition) is 7. The van der Waals surface area contributed by atoms with Crippen LogP contribution in [0.3, 0.4) is 0 Å². The molecule has 1 aromatic carbocycles. The molecular weight excluding hydrogens is 428 g/mol. The van der Waals surface area contributed by atoms with Crippen molar-refractivity contribution in [2.24, 2.45) is 0 Å². The van der Waals surface area contributed by atoms with Crippen molar-refractivity contribution in [3.63, 3.8) is 0 Å². The molecule has 3 N–H and O–H groups in total. The molecule has 0 unspecified atom stereocenters. The zero-order chi connectivity index (χ0) is 22.5. The normalized spacial score (nSPS) is 16.6. The summed E-state index contributed by atoms with van der Waals surface area (Å²) in [6.07, 6.45) is 4.76. The fourth-order valence-corrected chi connectivity index (χ4v) is 4.46. The Labute approximate surface area is 194 Å². The molecule has 32 heavy (non-hydrogen) atoms. The molecule has 8 nitrogen and oxygen atoms in total. The number of carbonyl (C=O) groups is 1. The zero-order valence-electron chi connectivity index (χ0n) is 18.6. The molecule has 0 atom stereocenters. The van der Waals surface area contributed by atoms with Crippen LogP contribution in [0, 0.1) is 0 Å². The summed E-state index contributed by atoms with van der Waals surface area (Å²) >= 11 is 6.46. The van der Waals surface area contributed by atoms with E-state index in [0.29, 0.717) is 42.6 Å². The molecular formula is C23H31ClN6O2. The van der Waals surface area contributed by atoms with Crippen molar-refractivity contribution >= 4 is 34.8 Å². The summed E-state index contributed by atoms with van der Waals surface area (Å²) < 4.78 is 5.70. The van der Waals surface area contributed by atoms with Crippen molar-refractivity contribution in [1.29, 1.82) is 0 Å². The maximum atomic E-state index is 12.3. The van der Waals surface area contributed by atoms with Crippen LogP contribution in [0.5, 0.6) is 6.01 Å². The molecule has 1 aromatic heterocycles. The molecule has 0 radical (unpaired) electrons. The number of carbonyl (C=O) groups excluding carboxylic acids is 1. The summed E-state index contributed by atoms with van der Waals surface area (Å²) in [6.45, 7) is 6.84. The smallest absolute Gasteiger partial charge is 0.320 e. The number of nitrogens with two attached hydrogens (primary N) is 1. The molecule has 0 saturated carbocycles. The van der Waals surface area contributed by atoms with Gasteiger partial charge >= 0.3 is 6.01 Å². The third-order valence-corrected chi connectivity index (χ3v) is 6.01. The van der Waals surface area contributed by atoms with E-state index in [4.69, 9.17) is 22.1 Å². The number of anilines is 3. The first-order chi connectivity index (χ1) is 15.5. The number of unbranched alkanes of at least 4 members (excludes halogenated alkanes) is 1. The Bertz CT molecular complexity index is 964. The number of nitrogens with one attached hydrogen (secondary N) is 1. The second-order valence-electron chi connectivity index (χ2n) is 8.46. The summed E-state index contributed by atoms with van der Waals surface area (Å²) in [7, 11) is 0. The first-order valence-electron chi connectivity index (χ1n) is 11.4. The summed E-state index contributed by atoms with van der Waals surface area (Å²) in [5, 5.41) is 3.57. The molecule has 1 amide bonds. The van der Waals surface area contributed by atoms with Crippen LogP contribution in [0.1, 0.15) is 50.2 Å². The minimum atomic E-state index is -0.107. The van der Waals surface area contributed by atoms with E-state index in [-0.39, 0.29) is 17.7 Å². The van der Waals surface area contributed by atoms with Crippen LogP contribution < -0.4 is 20.7 Å². The van der Waals surface area contributed by atoms with Crippen LogP contribution in [0.2, 0.25) is 5.02 Å². The number of nitrogens with zero attached hydrogens (tertiary/aromatic N) is 4. The van der Waals surface area contributed by atoms with Gasteiger partial charge in [-0.3, -0.25) is 9.69 Å². The Morgan fingerprint density at radius 2 is 1.88 bits per heavy atom. The van der Waals surface area contributed by atoms with E-state index in [9.17, 15) is 4.79 Å². The number of likely N-dealkylation sites (tertiary alicyclic amines) is 1. The predicted octanol–water partition coefficient (Wildman–Crippen LogP) is 3.84. The van der Waals surface area contributed by atoms with Crippen molar-refractivity contribution in [2.45, 2.75) is 52.1 Å². The molecule has 9 heteroatoms. The largest absolute Gasteiger partial charge is 0.463 e. The number of benzene rings is 1. The summed E-state index contributed by atoms with van der Waals surface area (Å²) in [4.78, 5) is 25.6. The van der Waals surface area contributed by atoms with Gasteiger partial charge in [0.1, 0.15) is 5.69 Å². The second-order valence-corrected chi connectivity index (χ2v) is 8.90. The highest BCUT2D eigenvalue weighted by atomic mass is 35.5. The Morgan fingerprint density at radius 3 is 2.62 bits per heavy atom. The minimum Gasteiger partial charge on any atom is -0.463 e. The number of halogens is 1. The van der Waals surface area contributed by atoms with Gasteiger partial charge in [-0.15, -0.1) is 0 Å². The number of hydrogen-bond donors (Lipinski definition) is 2. The molecule has 2 aromatic rings. The lowest BCUT2D eigenvalue weighted by molar-refractivity contribution is -0.115. The standard InChI is InChI=1S/C23H31ClN6O2/c1-2-3-10-32-23-27-21(25)20-22(28-23)30(9-6-19(31)26-20)15-17-11-16(12-18(24)13-17)14-29-7-4-5-8-29/h11-13H,2-10,14-15H2,1H3,(H,26,31)(H2,25,27,28). The first-order valence-corrected chi connectivity index (χ1v) is 11.8. The molecule has 0 bridgehead atoms. The van der Waals surface area contributed by atoms with Crippen molar-refractivity contribution in [3.8, 4) is 6.01 Å². The SMILES string of the molecule is CCCCOc1nc(N)c2c(n1)N(Cc1cc(Cl)cc(CN3CCCC3)c1)CCC(=O)N2. The fourth-order valence-electron chi connectivity index (χ4n) is 4.18. The number of nitrogen functional groups attached to an aromatic ring is 1. The highest BCUT2D eigenvalue weighted by Gasteiger charge is 2.25. The van der Waals surface area contributed by atoms with Gasteiger partial charge in [-0.2, -0.15) is 9.97 Å². The van der Waals surface area contributed by atoms with Gasteiger partial charge in [0.2, 0.25) is 5.91 Å². The van der Waals surface area contributed by atoms with Crippen molar-refractivity contribution < 1.29 is 9.53 Å². The van der Waals surface area contributed by atoms with Gasteiger partial charge in [0, 0.05) is 31.1 Å². The van der Waals surface area contributed by atoms with Crippen LogP contribution in [0.15, 0.2) is 18.2 Å². The fraction of sp³-hybridized carbons (Fsp3) is 0.522. The molecule has 2 aliphatic rings. The molecule has 3 heterocycles. The lowest BCUT2D eigenvalue weighted by Crippen LogP contribution is -2.25. The number of rotatable bonds is 8. The van der Waals surface area contributed by atoms with Crippen LogP contribution in [-0.2, 0) is 17.9 Å². The zero-order valence-corrected chi connectivity index (χ0v) is 19.3. The summed E-state index contributed by atoms with van der Waals surface area (Å²) in [6, 6.07) is 6.42. The van der Waals surface area contributed by atoms with Crippen molar-refractivity contribution in [3.05, 3.63) is 34.3 Å². The second kappa shape index (κ2) is 10.4. The van der Waals surface area contributed by atoms with E-state index < -0.39 is 0 Å². The van der Waals surface area contributed by atoms with E-state index in [0.717, 1.165) is 38.0 Å². The molecule has 4 rings (SSSR count). The predicted molar refractivity (Wildman–Crippen MR) is 127 cm³/mol. The molecule has 1 fully saturated rings. The highest BCUT2D eigenvalue weighted by molar-refractivity contribution is 6.30. The number of fused-ring (bicyclic) bond motifs is 1. The molecule has 0 aliphatic carbocycles. The maximum absolute atomic E-state index is 12.3. The lowest BCUT2D eigenvalue weighted by Gasteiger charge is -2.24. The van der Waals surface area contributed by atoms with Gasteiger partial charge in [0.05, 0.1) is 6.61 Å². The van der Waals surface area contributed by atoms with Crippen LogP contribution in [-0.4, -0.2) is 47.0 Å². The van der Waals surface area contributed by atoms with Crippen molar-refractivity contribution in [2.75, 3.05) is 42.2 Å². The Kier molecular flexibility index (Phi) is 7.32. The van der Waals surface area contributed by atoms with Gasteiger partial charge in [-0.05, 0) is 55.6 Å².